The van der Waals surface area contributed by atoms with Crippen LogP contribution in [0.2, 0.25) is 10.0 Å². The molecule has 23 heavy (non-hydrogen) atoms. The van der Waals surface area contributed by atoms with E-state index in [4.69, 9.17) is 23.2 Å². The van der Waals surface area contributed by atoms with Crippen LogP contribution in [0.4, 0.5) is 5.69 Å². The second-order valence-corrected chi connectivity index (χ2v) is 5.10. The van der Waals surface area contributed by atoms with Gasteiger partial charge in [0.25, 0.3) is 0 Å². The number of hydrogen-bond acceptors (Lipinski definition) is 4. The highest BCUT2D eigenvalue weighted by Crippen LogP contribution is 2.29. The van der Waals surface area contributed by atoms with Gasteiger partial charge >= 0.3 is 11.8 Å². The molecule has 0 unspecified atom stereocenters. The number of anilines is 1. The van der Waals surface area contributed by atoms with Crippen LogP contribution in [0.5, 0.6) is 5.75 Å². The Morgan fingerprint density at radius 3 is 2.52 bits per heavy atom. The second kappa shape index (κ2) is 7.62. The highest BCUT2D eigenvalue weighted by Gasteiger charge is 2.15. The summed E-state index contributed by atoms with van der Waals surface area (Å²) in [5, 5.41) is 15.8. The summed E-state index contributed by atoms with van der Waals surface area (Å²) in [5.41, 5.74) is 2.65. The average molecular weight is 352 g/mol. The molecule has 2 aromatic carbocycles. The Hall–Kier alpha value is -2.57. The predicted molar refractivity (Wildman–Crippen MR) is 88.9 cm³/mol. The molecule has 0 aliphatic rings. The third kappa shape index (κ3) is 4.45. The van der Waals surface area contributed by atoms with Gasteiger partial charge in [0.05, 0.1) is 21.9 Å². The van der Waals surface area contributed by atoms with Crippen molar-refractivity contribution < 1.29 is 14.7 Å². The summed E-state index contributed by atoms with van der Waals surface area (Å²) in [5.74, 6) is -1.95. The number of para-hydroxylation sites is 1. The highest BCUT2D eigenvalue weighted by atomic mass is 35.5. The van der Waals surface area contributed by atoms with Gasteiger partial charge in [0.2, 0.25) is 0 Å². The molecule has 0 spiro atoms. The zero-order chi connectivity index (χ0) is 16.8. The Balaban J connectivity index is 1.97. The van der Waals surface area contributed by atoms with Crippen LogP contribution in [0.3, 0.4) is 0 Å². The first-order valence-corrected chi connectivity index (χ1v) is 7.11. The van der Waals surface area contributed by atoms with Gasteiger partial charge in [0, 0.05) is 5.56 Å². The number of benzene rings is 2. The molecule has 0 heterocycles. The number of halogens is 2. The molecule has 118 valence electrons. The number of hydrogen-bond donors (Lipinski definition) is 3. The third-order valence-corrected chi connectivity index (χ3v) is 3.53. The lowest BCUT2D eigenvalue weighted by molar-refractivity contribution is -0.136. The number of amides is 2. The van der Waals surface area contributed by atoms with Gasteiger partial charge in [0.15, 0.2) is 0 Å². The Labute approximate surface area is 141 Å². The minimum Gasteiger partial charge on any atom is -0.507 e. The topological polar surface area (TPSA) is 90.8 Å². The minimum absolute atomic E-state index is 0.000611. The van der Waals surface area contributed by atoms with E-state index in [2.05, 4.69) is 10.4 Å². The third-order valence-electron chi connectivity index (χ3n) is 2.71. The van der Waals surface area contributed by atoms with E-state index in [1.807, 2.05) is 5.43 Å². The van der Waals surface area contributed by atoms with Crippen LogP contribution in [0.25, 0.3) is 0 Å². The first-order chi connectivity index (χ1) is 11.0. The fraction of sp³-hybridized carbons (Fsp3) is 0. The van der Waals surface area contributed by atoms with E-state index in [1.54, 1.807) is 30.3 Å². The fourth-order valence-corrected chi connectivity index (χ4v) is 1.94. The molecular formula is C15H11Cl2N3O3. The van der Waals surface area contributed by atoms with Crippen LogP contribution in [0.15, 0.2) is 47.6 Å². The summed E-state index contributed by atoms with van der Waals surface area (Å²) >= 11 is 11.7. The number of aromatic hydroxyl groups is 1. The van der Waals surface area contributed by atoms with Gasteiger partial charge in [-0.2, -0.15) is 5.10 Å². The maximum absolute atomic E-state index is 11.7. The van der Waals surface area contributed by atoms with Crippen molar-refractivity contribution >= 4 is 46.9 Å². The first-order valence-electron chi connectivity index (χ1n) is 6.35. The molecule has 0 aromatic heterocycles. The molecule has 0 radical (unpaired) electrons. The number of rotatable bonds is 3. The van der Waals surface area contributed by atoms with Crippen molar-refractivity contribution in [1.82, 2.24) is 5.43 Å². The molecule has 0 atom stereocenters. The molecule has 2 aromatic rings. The van der Waals surface area contributed by atoms with E-state index in [9.17, 15) is 14.7 Å². The molecule has 0 aliphatic heterocycles. The number of carbonyl (C=O) groups excluding carboxylic acids is 2. The van der Waals surface area contributed by atoms with Crippen molar-refractivity contribution in [2.24, 2.45) is 5.10 Å². The SMILES string of the molecule is O=C(N/N=C/c1ccccc1O)C(=O)Nc1cccc(Cl)c1Cl. The molecule has 2 rings (SSSR count). The fourth-order valence-electron chi connectivity index (χ4n) is 1.59. The molecule has 2 amide bonds. The van der Waals surface area contributed by atoms with Gasteiger partial charge in [-0.3, -0.25) is 9.59 Å². The molecule has 0 saturated carbocycles. The maximum atomic E-state index is 11.7. The lowest BCUT2D eigenvalue weighted by Crippen LogP contribution is -2.32. The molecule has 0 aliphatic carbocycles. The number of phenolic OH excluding ortho intramolecular Hbond substituents is 1. The zero-order valence-corrected chi connectivity index (χ0v) is 13.1. The monoisotopic (exact) mass is 351 g/mol. The van der Waals surface area contributed by atoms with Crippen molar-refractivity contribution in [2.75, 3.05) is 5.32 Å². The molecule has 0 fully saturated rings. The Morgan fingerprint density at radius 2 is 1.78 bits per heavy atom. The van der Waals surface area contributed by atoms with Gasteiger partial charge in [0.1, 0.15) is 5.75 Å². The molecule has 8 heteroatoms. The van der Waals surface area contributed by atoms with Crippen molar-refractivity contribution in [3.63, 3.8) is 0 Å². The summed E-state index contributed by atoms with van der Waals surface area (Å²) in [6, 6.07) is 11.0. The predicted octanol–water partition coefficient (Wildman–Crippen LogP) is 2.79. The van der Waals surface area contributed by atoms with Crippen molar-refractivity contribution in [3.8, 4) is 5.75 Å². The van der Waals surface area contributed by atoms with Crippen LogP contribution in [0.1, 0.15) is 5.56 Å². The van der Waals surface area contributed by atoms with Gasteiger partial charge in [-0.05, 0) is 24.3 Å². The number of hydrazone groups is 1. The lowest BCUT2D eigenvalue weighted by Gasteiger charge is -2.06. The van der Waals surface area contributed by atoms with Crippen LogP contribution in [-0.4, -0.2) is 23.1 Å². The minimum atomic E-state index is -0.993. The normalized spacial score (nSPS) is 10.5. The summed E-state index contributed by atoms with van der Waals surface area (Å²) in [6.45, 7) is 0. The van der Waals surface area contributed by atoms with Crippen molar-refractivity contribution in [3.05, 3.63) is 58.1 Å². The van der Waals surface area contributed by atoms with E-state index in [1.165, 1.54) is 18.3 Å². The molecule has 0 saturated heterocycles. The number of nitrogens with zero attached hydrogens (tertiary/aromatic N) is 1. The largest absolute Gasteiger partial charge is 0.507 e. The highest BCUT2D eigenvalue weighted by molar-refractivity contribution is 6.45. The average Bonchev–Trinajstić information content (AvgIpc) is 2.53. The Bertz CT molecular complexity index is 778. The van der Waals surface area contributed by atoms with Crippen LogP contribution in [0, 0.1) is 0 Å². The quantitative estimate of drug-likeness (QED) is 0.451. The maximum Gasteiger partial charge on any atom is 0.329 e. The smallest absolute Gasteiger partial charge is 0.329 e. The van der Waals surface area contributed by atoms with Crippen LogP contribution in [-0.2, 0) is 9.59 Å². The van der Waals surface area contributed by atoms with E-state index in [0.29, 0.717) is 5.56 Å². The van der Waals surface area contributed by atoms with Gasteiger partial charge in [-0.25, -0.2) is 5.43 Å². The van der Waals surface area contributed by atoms with Gasteiger partial charge in [-0.15, -0.1) is 0 Å². The van der Waals surface area contributed by atoms with E-state index in [-0.39, 0.29) is 21.5 Å². The summed E-state index contributed by atoms with van der Waals surface area (Å²) in [6.07, 6.45) is 1.22. The second-order valence-electron chi connectivity index (χ2n) is 4.31. The van der Waals surface area contributed by atoms with E-state index >= 15 is 0 Å². The standard InChI is InChI=1S/C15H11Cl2N3O3/c16-10-5-3-6-11(13(10)17)19-14(22)15(23)20-18-8-9-4-1-2-7-12(9)21/h1-8,21H,(H,19,22)(H,20,23)/b18-8+. The van der Waals surface area contributed by atoms with Gasteiger partial charge in [-0.1, -0.05) is 41.4 Å². The summed E-state index contributed by atoms with van der Waals surface area (Å²) < 4.78 is 0. The summed E-state index contributed by atoms with van der Waals surface area (Å²) in [4.78, 5) is 23.4. The van der Waals surface area contributed by atoms with Crippen LogP contribution >= 0.6 is 23.2 Å². The van der Waals surface area contributed by atoms with E-state index < -0.39 is 11.8 Å². The molecule has 0 bridgehead atoms. The van der Waals surface area contributed by atoms with Crippen molar-refractivity contribution in [2.45, 2.75) is 0 Å². The molecule has 3 N–H and O–H groups in total. The lowest BCUT2D eigenvalue weighted by atomic mass is 10.2. The first kappa shape index (κ1) is 16.8. The van der Waals surface area contributed by atoms with Gasteiger partial charge < -0.3 is 10.4 Å². The molecular weight excluding hydrogens is 341 g/mol. The summed E-state index contributed by atoms with van der Waals surface area (Å²) in [7, 11) is 0. The molecule has 6 nitrogen and oxygen atoms in total. The Morgan fingerprint density at radius 1 is 1.04 bits per heavy atom. The number of nitrogens with one attached hydrogen (secondary N) is 2. The number of phenols is 1. The zero-order valence-electron chi connectivity index (χ0n) is 11.6. The number of carbonyl (C=O) groups is 2. The van der Waals surface area contributed by atoms with Crippen molar-refractivity contribution in [1.29, 1.82) is 0 Å². The Kier molecular flexibility index (Phi) is 5.56. The van der Waals surface area contributed by atoms with E-state index in [0.717, 1.165) is 0 Å². The van der Waals surface area contributed by atoms with Crippen LogP contribution < -0.4 is 10.7 Å².